The average Bonchev–Trinajstić information content (AvgIpc) is 2.98. The SMILES string of the molecule is COc1cc2oc(C)c(C)c2cc1/C(C)=C/C(=O)NCCCN1CCOCC1. The van der Waals surface area contributed by atoms with Crippen molar-refractivity contribution in [2.45, 2.75) is 27.2 Å². The molecule has 0 aliphatic carbocycles. The molecule has 0 unspecified atom stereocenters. The Hall–Kier alpha value is -2.31. The molecule has 0 saturated carbocycles. The lowest BCUT2D eigenvalue weighted by Gasteiger charge is -2.26. The fourth-order valence-electron chi connectivity index (χ4n) is 3.51. The molecule has 6 heteroatoms. The molecule has 1 aromatic heterocycles. The molecule has 1 aliphatic heterocycles. The number of amides is 1. The first-order valence-corrected chi connectivity index (χ1v) is 9.84. The lowest BCUT2D eigenvalue weighted by molar-refractivity contribution is -0.116. The van der Waals surface area contributed by atoms with Crippen molar-refractivity contribution in [1.29, 1.82) is 0 Å². The largest absolute Gasteiger partial charge is 0.496 e. The van der Waals surface area contributed by atoms with Crippen molar-refractivity contribution in [3.63, 3.8) is 0 Å². The van der Waals surface area contributed by atoms with Gasteiger partial charge in [-0.2, -0.15) is 0 Å². The van der Waals surface area contributed by atoms with Crippen LogP contribution in [-0.4, -0.2) is 57.3 Å². The second kappa shape index (κ2) is 9.26. The highest BCUT2D eigenvalue weighted by Crippen LogP contribution is 2.34. The molecule has 152 valence electrons. The van der Waals surface area contributed by atoms with E-state index >= 15 is 0 Å². The van der Waals surface area contributed by atoms with Crippen molar-refractivity contribution >= 4 is 22.4 Å². The maximum Gasteiger partial charge on any atom is 0.244 e. The van der Waals surface area contributed by atoms with Crippen LogP contribution < -0.4 is 10.1 Å². The normalized spacial score (nSPS) is 15.8. The Morgan fingerprint density at radius 2 is 2.04 bits per heavy atom. The summed E-state index contributed by atoms with van der Waals surface area (Å²) in [5, 5.41) is 4.03. The zero-order valence-electron chi connectivity index (χ0n) is 17.3. The monoisotopic (exact) mass is 386 g/mol. The van der Waals surface area contributed by atoms with Crippen molar-refractivity contribution in [1.82, 2.24) is 10.2 Å². The standard InChI is InChI=1S/C22H30N2O4/c1-15(12-22(25)23-6-5-7-24-8-10-27-11-9-24)18-13-19-16(2)17(3)28-21(19)14-20(18)26-4/h12-14H,5-11H2,1-4H3,(H,23,25)/b15-12+. The summed E-state index contributed by atoms with van der Waals surface area (Å²) in [7, 11) is 1.63. The fourth-order valence-corrected chi connectivity index (χ4v) is 3.51. The topological polar surface area (TPSA) is 63.9 Å². The number of ether oxygens (including phenoxy) is 2. The van der Waals surface area contributed by atoms with E-state index in [9.17, 15) is 4.79 Å². The third kappa shape index (κ3) is 4.75. The Morgan fingerprint density at radius 3 is 2.75 bits per heavy atom. The molecule has 1 amide bonds. The molecule has 6 nitrogen and oxygen atoms in total. The van der Waals surface area contributed by atoms with Crippen LogP contribution in [0.2, 0.25) is 0 Å². The van der Waals surface area contributed by atoms with Gasteiger partial charge in [-0.25, -0.2) is 0 Å². The summed E-state index contributed by atoms with van der Waals surface area (Å²) in [6, 6.07) is 3.93. The van der Waals surface area contributed by atoms with Gasteiger partial charge in [-0.1, -0.05) is 0 Å². The molecule has 2 aromatic rings. The van der Waals surface area contributed by atoms with Gasteiger partial charge in [0.2, 0.25) is 5.91 Å². The van der Waals surface area contributed by atoms with Crippen molar-refractivity contribution in [2.75, 3.05) is 46.5 Å². The third-order valence-corrected chi connectivity index (χ3v) is 5.32. The minimum Gasteiger partial charge on any atom is -0.496 e. The summed E-state index contributed by atoms with van der Waals surface area (Å²) < 4.78 is 16.7. The second-order valence-electron chi connectivity index (χ2n) is 7.26. The van der Waals surface area contributed by atoms with Gasteiger partial charge in [0.05, 0.1) is 20.3 Å². The number of carbonyl (C=O) groups excluding carboxylic acids is 1. The predicted octanol–water partition coefficient (Wildman–Crippen LogP) is 3.30. The van der Waals surface area contributed by atoms with Gasteiger partial charge in [0.1, 0.15) is 17.1 Å². The van der Waals surface area contributed by atoms with Crippen molar-refractivity contribution in [2.24, 2.45) is 0 Å². The van der Waals surface area contributed by atoms with Crippen LogP contribution in [0.4, 0.5) is 0 Å². The summed E-state index contributed by atoms with van der Waals surface area (Å²) in [5.74, 6) is 1.52. The van der Waals surface area contributed by atoms with Crippen LogP contribution in [0.5, 0.6) is 5.75 Å². The average molecular weight is 386 g/mol. The molecule has 1 N–H and O–H groups in total. The third-order valence-electron chi connectivity index (χ3n) is 5.32. The number of nitrogens with one attached hydrogen (secondary N) is 1. The van der Waals surface area contributed by atoms with Crippen LogP contribution in [0.3, 0.4) is 0 Å². The quantitative estimate of drug-likeness (QED) is 0.584. The number of benzene rings is 1. The lowest BCUT2D eigenvalue weighted by atomic mass is 10.0. The molecule has 0 atom stereocenters. The van der Waals surface area contributed by atoms with Crippen LogP contribution in [0.15, 0.2) is 22.6 Å². The van der Waals surface area contributed by atoms with Gasteiger partial charge in [-0.05, 0) is 50.9 Å². The minimum atomic E-state index is -0.0817. The zero-order valence-corrected chi connectivity index (χ0v) is 17.3. The zero-order chi connectivity index (χ0) is 20.1. The summed E-state index contributed by atoms with van der Waals surface area (Å²) in [6.45, 7) is 11.1. The number of allylic oxidation sites excluding steroid dienone is 1. The molecule has 28 heavy (non-hydrogen) atoms. The van der Waals surface area contributed by atoms with E-state index in [2.05, 4.69) is 10.2 Å². The molecule has 2 heterocycles. The number of fused-ring (bicyclic) bond motifs is 1. The molecule has 1 saturated heterocycles. The van der Waals surface area contributed by atoms with Gasteiger partial charge in [0.25, 0.3) is 0 Å². The number of furan rings is 1. The Balaban J connectivity index is 1.63. The fraction of sp³-hybridized carbons (Fsp3) is 0.500. The maximum absolute atomic E-state index is 12.3. The number of carbonyl (C=O) groups is 1. The summed E-state index contributed by atoms with van der Waals surface area (Å²) in [5.41, 5.74) is 3.68. The van der Waals surface area contributed by atoms with Crippen LogP contribution in [0.25, 0.3) is 16.5 Å². The maximum atomic E-state index is 12.3. The van der Waals surface area contributed by atoms with E-state index in [4.69, 9.17) is 13.9 Å². The van der Waals surface area contributed by atoms with Gasteiger partial charge in [0, 0.05) is 42.7 Å². The highest BCUT2D eigenvalue weighted by Gasteiger charge is 2.14. The smallest absolute Gasteiger partial charge is 0.244 e. The van der Waals surface area contributed by atoms with Crippen LogP contribution in [0.1, 0.15) is 30.2 Å². The Bertz CT molecular complexity index is 863. The summed E-state index contributed by atoms with van der Waals surface area (Å²) >= 11 is 0. The molecule has 3 rings (SSSR count). The first-order valence-electron chi connectivity index (χ1n) is 9.84. The van der Waals surface area contributed by atoms with Gasteiger partial charge in [-0.3, -0.25) is 9.69 Å². The molecule has 0 radical (unpaired) electrons. The van der Waals surface area contributed by atoms with E-state index in [0.29, 0.717) is 12.3 Å². The number of morpholine rings is 1. The first-order chi connectivity index (χ1) is 13.5. The van der Waals surface area contributed by atoms with E-state index in [1.165, 1.54) is 0 Å². The van der Waals surface area contributed by atoms with E-state index in [1.807, 2.05) is 32.9 Å². The molecule has 1 fully saturated rings. The minimum absolute atomic E-state index is 0.0817. The summed E-state index contributed by atoms with van der Waals surface area (Å²) in [4.78, 5) is 14.7. The predicted molar refractivity (Wildman–Crippen MR) is 111 cm³/mol. The van der Waals surface area contributed by atoms with E-state index < -0.39 is 0 Å². The number of methoxy groups -OCH3 is 1. The molecule has 0 spiro atoms. The van der Waals surface area contributed by atoms with Crippen LogP contribution in [0, 0.1) is 13.8 Å². The first kappa shape index (κ1) is 20.4. The van der Waals surface area contributed by atoms with Crippen molar-refractivity contribution in [3.05, 3.63) is 35.1 Å². The van der Waals surface area contributed by atoms with Gasteiger partial charge < -0.3 is 19.2 Å². The summed E-state index contributed by atoms with van der Waals surface area (Å²) in [6.07, 6.45) is 2.57. The van der Waals surface area contributed by atoms with Crippen molar-refractivity contribution in [3.8, 4) is 5.75 Å². The van der Waals surface area contributed by atoms with E-state index in [-0.39, 0.29) is 5.91 Å². The van der Waals surface area contributed by atoms with Crippen molar-refractivity contribution < 1.29 is 18.7 Å². The lowest BCUT2D eigenvalue weighted by Crippen LogP contribution is -2.38. The number of nitrogens with zero attached hydrogens (tertiary/aromatic N) is 1. The van der Waals surface area contributed by atoms with Gasteiger partial charge in [0.15, 0.2) is 0 Å². The number of rotatable bonds is 7. The molecular weight excluding hydrogens is 356 g/mol. The van der Waals surface area contributed by atoms with E-state index in [0.717, 1.165) is 72.7 Å². The number of hydrogen-bond donors (Lipinski definition) is 1. The highest BCUT2D eigenvalue weighted by atomic mass is 16.5. The van der Waals surface area contributed by atoms with Crippen LogP contribution >= 0.6 is 0 Å². The number of aryl methyl sites for hydroxylation is 2. The molecule has 0 bridgehead atoms. The molecular formula is C22H30N2O4. The van der Waals surface area contributed by atoms with Gasteiger partial charge in [-0.15, -0.1) is 0 Å². The Labute approximate surface area is 166 Å². The van der Waals surface area contributed by atoms with E-state index in [1.54, 1.807) is 13.2 Å². The second-order valence-corrected chi connectivity index (χ2v) is 7.26. The number of hydrogen-bond acceptors (Lipinski definition) is 5. The highest BCUT2D eigenvalue weighted by molar-refractivity contribution is 5.97. The Kier molecular flexibility index (Phi) is 6.75. The molecule has 1 aromatic carbocycles. The Morgan fingerprint density at radius 1 is 1.29 bits per heavy atom. The van der Waals surface area contributed by atoms with Crippen LogP contribution in [-0.2, 0) is 9.53 Å². The van der Waals surface area contributed by atoms with Gasteiger partial charge >= 0.3 is 0 Å². The molecule has 1 aliphatic rings.